The van der Waals surface area contributed by atoms with Crippen LogP contribution < -0.4 is 10.0 Å². The second-order valence-electron chi connectivity index (χ2n) is 8.16. The molecule has 162 valence electrons. The molecule has 1 aromatic carbocycles. The molecular formula is C23H20N4O5. The van der Waals surface area contributed by atoms with Gasteiger partial charge in [0.1, 0.15) is 16.8 Å². The minimum absolute atomic E-state index is 0.0833. The smallest absolute Gasteiger partial charge is 0.345 e. The number of rotatable bonds is 3. The van der Waals surface area contributed by atoms with Crippen LogP contribution in [0, 0.1) is 5.21 Å². The lowest BCUT2D eigenvalue weighted by atomic mass is 9.72. The average Bonchev–Trinajstić information content (AvgIpc) is 3.08. The number of aliphatic hydroxyl groups is 1. The van der Waals surface area contributed by atoms with Crippen molar-refractivity contribution in [3.63, 3.8) is 0 Å². The van der Waals surface area contributed by atoms with Gasteiger partial charge in [-0.1, -0.05) is 30.3 Å². The van der Waals surface area contributed by atoms with E-state index in [0.29, 0.717) is 10.3 Å². The minimum atomic E-state index is -1.64. The summed E-state index contributed by atoms with van der Waals surface area (Å²) in [5.41, 5.74) is 0.0375. The number of anilines is 1. The molecule has 2 aliphatic rings. The predicted molar refractivity (Wildman–Crippen MR) is 112 cm³/mol. The Hall–Kier alpha value is -3.85. The van der Waals surface area contributed by atoms with E-state index in [4.69, 9.17) is 4.74 Å². The van der Waals surface area contributed by atoms with E-state index in [2.05, 4.69) is 15.3 Å². The number of amides is 1. The molecular weight excluding hydrogens is 412 g/mol. The second kappa shape index (κ2) is 7.38. The van der Waals surface area contributed by atoms with E-state index in [1.165, 1.54) is 12.4 Å². The molecule has 0 atom stereocenters. The van der Waals surface area contributed by atoms with Gasteiger partial charge in [-0.15, -0.1) is 0 Å². The highest BCUT2D eigenvalue weighted by molar-refractivity contribution is 5.96. The summed E-state index contributed by atoms with van der Waals surface area (Å²) in [6, 6.07) is 11.2. The quantitative estimate of drug-likeness (QED) is 0.368. The van der Waals surface area contributed by atoms with Gasteiger partial charge < -0.3 is 15.1 Å². The molecule has 0 bridgehead atoms. The molecule has 32 heavy (non-hydrogen) atoms. The number of nitrogens with one attached hydrogen (secondary N) is 1. The standard InChI is InChI=1S/C23H20N4O5/c28-19-17-14-27(31)11-6-18(17)23(32-19)9-7-22(30,8-10-23)20(29)26-21-24-12-16(13-25-21)15-4-2-1-3-5-15/h1-6,11-14,30H,7-10H2,(H,24,25,26,29)/t22-,23-. The van der Waals surface area contributed by atoms with Gasteiger partial charge in [-0.25, -0.2) is 14.8 Å². The lowest BCUT2D eigenvalue weighted by Gasteiger charge is -2.40. The van der Waals surface area contributed by atoms with Crippen molar-refractivity contribution in [3.05, 3.63) is 77.5 Å². The van der Waals surface area contributed by atoms with Gasteiger partial charge >= 0.3 is 5.97 Å². The van der Waals surface area contributed by atoms with Gasteiger partial charge in [0.15, 0.2) is 12.4 Å². The number of carbonyl (C=O) groups is 2. The van der Waals surface area contributed by atoms with Crippen molar-refractivity contribution < 1.29 is 24.2 Å². The maximum absolute atomic E-state index is 12.8. The van der Waals surface area contributed by atoms with E-state index >= 15 is 0 Å². The normalized spacial score (nSPS) is 24.1. The molecule has 1 fully saturated rings. The van der Waals surface area contributed by atoms with Crippen LogP contribution in [0.2, 0.25) is 0 Å². The Morgan fingerprint density at radius 2 is 1.75 bits per heavy atom. The third kappa shape index (κ3) is 3.36. The molecule has 0 radical (unpaired) electrons. The zero-order valence-corrected chi connectivity index (χ0v) is 17.0. The van der Waals surface area contributed by atoms with Gasteiger partial charge in [0.05, 0.1) is 0 Å². The summed E-state index contributed by atoms with van der Waals surface area (Å²) in [5.74, 6) is -1.07. The molecule has 2 N–H and O–H groups in total. The van der Waals surface area contributed by atoms with Crippen molar-refractivity contribution in [1.29, 1.82) is 0 Å². The Morgan fingerprint density at radius 1 is 1.06 bits per heavy atom. The molecule has 0 saturated heterocycles. The van der Waals surface area contributed by atoms with Crippen LogP contribution in [0.25, 0.3) is 11.1 Å². The van der Waals surface area contributed by atoms with Gasteiger partial charge in [-0.2, -0.15) is 4.73 Å². The number of aromatic nitrogens is 3. The van der Waals surface area contributed by atoms with Crippen LogP contribution in [-0.4, -0.2) is 32.6 Å². The number of hydrogen-bond acceptors (Lipinski definition) is 7. The van der Waals surface area contributed by atoms with Crippen molar-refractivity contribution in [2.75, 3.05) is 5.32 Å². The van der Waals surface area contributed by atoms with Crippen molar-refractivity contribution in [2.24, 2.45) is 0 Å². The number of benzene rings is 1. The molecule has 1 saturated carbocycles. The van der Waals surface area contributed by atoms with E-state index in [1.807, 2.05) is 30.3 Å². The minimum Gasteiger partial charge on any atom is -0.619 e. The zero-order chi connectivity index (χ0) is 22.3. The largest absolute Gasteiger partial charge is 0.619 e. The molecule has 0 unspecified atom stereocenters. The van der Waals surface area contributed by atoms with E-state index in [0.717, 1.165) is 11.1 Å². The lowest BCUT2D eigenvalue weighted by Crippen LogP contribution is -2.49. The Bertz CT molecular complexity index is 1190. The molecule has 3 heterocycles. The highest BCUT2D eigenvalue weighted by Gasteiger charge is 2.53. The van der Waals surface area contributed by atoms with E-state index in [9.17, 15) is 19.9 Å². The first-order valence-electron chi connectivity index (χ1n) is 10.3. The van der Waals surface area contributed by atoms with Crippen molar-refractivity contribution in [1.82, 2.24) is 9.97 Å². The van der Waals surface area contributed by atoms with E-state index in [1.54, 1.807) is 18.5 Å². The van der Waals surface area contributed by atoms with Crippen LogP contribution in [0.4, 0.5) is 5.95 Å². The van der Waals surface area contributed by atoms with Crippen molar-refractivity contribution in [2.45, 2.75) is 36.9 Å². The van der Waals surface area contributed by atoms with Crippen LogP contribution in [0.15, 0.2) is 61.2 Å². The number of hydrogen-bond donors (Lipinski definition) is 2. The Balaban J connectivity index is 1.28. The average molecular weight is 432 g/mol. The summed E-state index contributed by atoms with van der Waals surface area (Å²) in [6.45, 7) is 0. The number of ether oxygens (including phenoxy) is 1. The Morgan fingerprint density at radius 3 is 2.44 bits per heavy atom. The van der Waals surface area contributed by atoms with Gasteiger partial charge in [0.2, 0.25) is 5.95 Å². The van der Waals surface area contributed by atoms with Crippen LogP contribution in [0.5, 0.6) is 0 Å². The number of nitrogens with zero attached hydrogens (tertiary/aromatic N) is 3. The highest BCUT2D eigenvalue weighted by atomic mass is 16.6. The second-order valence-corrected chi connectivity index (χ2v) is 8.16. The molecule has 1 amide bonds. The monoisotopic (exact) mass is 432 g/mol. The molecule has 9 nitrogen and oxygen atoms in total. The van der Waals surface area contributed by atoms with Crippen molar-refractivity contribution >= 4 is 17.8 Å². The maximum atomic E-state index is 12.8. The first-order chi connectivity index (χ1) is 15.4. The van der Waals surface area contributed by atoms with Crippen LogP contribution in [0.1, 0.15) is 41.6 Å². The van der Waals surface area contributed by atoms with Crippen LogP contribution in [0.3, 0.4) is 0 Å². The zero-order valence-electron chi connectivity index (χ0n) is 17.0. The Labute approximate surface area is 183 Å². The summed E-state index contributed by atoms with van der Waals surface area (Å²) < 4.78 is 6.15. The molecule has 1 aliphatic carbocycles. The number of pyridine rings is 1. The predicted octanol–water partition coefficient (Wildman–Crippen LogP) is 2.09. The van der Waals surface area contributed by atoms with Crippen LogP contribution in [-0.2, 0) is 15.1 Å². The SMILES string of the molecule is O=C1O[C@]2(CC[C@@](O)(C(=O)Nc3ncc(-c4ccccc4)cn3)CC2)c2cc[n+]([O-])cc21. The summed E-state index contributed by atoms with van der Waals surface area (Å²) in [7, 11) is 0. The van der Waals surface area contributed by atoms with E-state index < -0.39 is 23.1 Å². The fraction of sp³-hybridized carbons (Fsp3) is 0.261. The number of carbonyl (C=O) groups excluding carboxylic acids is 2. The van der Waals surface area contributed by atoms with Gasteiger partial charge in [-0.3, -0.25) is 10.1 Å². The third-order valence-corrected chi connectivity index (χ3v) is 6.23. The van der Waals surface area contributed by atoms with Gasteiger partial charge in [-0.05, 0) is 31.2 Å². The molecule has 1 spiro atoms. The Kier molecular flexibility index (Phi) is 4.63. The molecule has 2 aromatic heterocycles. The maximum Gasteiger partial charge on any atom is 0.345 e. The lowest BCUT2D eigenvalue weighted by molar-refractivity contribution is -0.605. The third-order valence-electron chi connectivity index (χ3n) is 6.23. The van der Waals surface area contributed by atoms with Gasteiger partial charge in [0.25, 0.3) is 5.91 Å². The fourth-order valence-corrected chi connectivity index (χ4v) is 4.38. The fourth-order valence-electron chi connectivity index (χ4n) is 4.38. The molecule has 1 aliphatic heterocycles. The summed E-state index contributed by atoms with van der Waals surface area (Å²) in [6.07, 6.45) is 6.39. The molecule has 3 aromatic rings. The van der Waals surface area contributed by atoms with Gasteiger partial charge in [0, 0.05) is 29.6 Å². The van der Waals surface area contributed by atoms with Crippen molar-refractivity contribution in [3.8, 4) is 11.1 Å². The number of fused-ring (bicyclic) bond motifs is 2. The van der Waals surface area contributed by atoms with E-state index in [-0.39, 0.29) is 37.2 Å². The first kappa shape index (κ1) is 20.1. The molecule has 5 rings (SSSR count). The summed E-state index contributed by atoms with van der Waals surface area (Å²) in [5, 5.41) is 25.1. The number of esters is 1. The summed E-state index contributed by atoms with van der Waals surface area (Å²) >= 11 is 0. The molecule has 9 heteroatoms. The topological polar surface area (TPSA) is 128 Å². The highest BCUT2D eigenvalue weighted by Crippen LogP contribution is 2.48. The van der Waals surface area contributed by atoms with Crippen LogP contribution >= 0.6 is 0 Å². The summed E-state index contributed by atoms with van der Waals surface area (Å²) in [4.78, 5) is 33.4. The first-order valence-corrected chi connectivity index (χ1v) is 10.3.